The predicted octanol–water partition coefficient (Wildman–Crippen LogP) is 14.8. The van der Waals surface area contributed by atoms with E-state index >= 15 is 0 Å². The Bertz CT molecular complexity index is 2890. The first-order chi connectivity index (χ1) is 25.8. The van der Waals surface area contributed by atoms with Crippen molar-refractivity contribution in [1.82, 2.24) is 0 Å². The van der Waals surface area contributed by atoms with E-state index in [2.05, 4.69) is 205 Å². The van der Waals surface area contributed by atoms with Gasteiger partial charge in [-0.3, -0.25) is 0 Å². The Labute approximate surface area is 307 Å². The van der Waals surface area contributed by atoms with Crippen molar-refractivity contribution >= 4 is 70.1 Å². The number of nitrogens with zero attached hydrogens (tertiary/aromatic N) is 1. The molecule has 0 unspecified atom stereocenters. The summed E-state index contributed by atoms with van der Waals surface area (Å²) >= 11 is 1.88. The molecule has 0 atom stereocenters. The molecule has 10 aromatic rings. The lowest BCUT2D eigenvalue weighted by atomic mass is 9.97. The van der Waals surface area contributed by atoms with E-state index in [0.717, 1.165) is 17.1 Å². The van der Waals surface area contributed by atoms with Gasteiger partial charge in [-0.2, -0.15) is 0 Å². The van der Waals surface area contributed by atoms with Crippen molar-refractivity contribution in [2.75, 3.05) is 4.90 Å². The van der Waals surface area contributed by atoms with E-state index in [1.807, 2.05) is 11.3 Å². The Hall–Kier alpha value is -6.48. The van der Waals surface area contributed by atoms with Crippen molar-refractivity contribution in [3.8, 4) is 33.4 Å². The number of anilines is 3. The lowest BCUT2D eigenvalue weighted by molar-refractivity contribution is 1.30. The molecule has 0 radical (unpaired) electrons. The summed E-state index contributed by atoms with van der Waals surface area (Å²) in [5.74, 6) is 0. The van der Waals surface area contributed by atoms with E-state index in [0.29, 0.717) is 0 Å². The highest BCUT2D eigenvalue weighted by Gasteiger charge is 2.19. The minimum absolute atomic E-state index is 1.11. The summed E-state index contributed by atoms with van der Waals surface area (Å²) in [6.45, 7) is 0. The normalized spacial score (nSPS) is 11.5. The molecule has 52 heavy (non-hydrogen) atoms. The van der Waals surface area contributed by atoms with E-state index in [1.54, 1.807) is 0 Å². The molecule has 1 aromatic heterocycles. The van der Waals surface area contributed by atoms with Crippen LogP contribution in [0.5, 0.6) is 0 Å². The van der Waals surface area contributed by atoms with Crippen LogP contribution in [0.25, 0.3) is 75.1 Å². The molecule has 0 aliphatic rings. The second-order valence-corrected chi connectivity index (χ2v) is 14.4. The third-order valence-electron chi connectivity index (χ3n) is 10.3. The Morgan fingerprint density at radius 1 is 0.327 bits per heavy atom. The van der Waals surface area contributed by atoms with Gasteiger partial charge in [-0.25, -0.2) is 0 Å². The van der Waals surface area contributed by atoms with Crippen LogP contribution in [0.2, 0.25) is 0 Å². The van der Waals surface area contributed by atoms with E-state index < -0.39 is 0 Å². The highest BCUT2D eigenvalue weighted by atomic mass is 32.1. The Morgan fingerprint density at radius 3 is 1.65 bits per heavy atom. The van der Waals surface area contributed by atoms with Crippen molar-refractivity contribution < 1.29 is 0 Å². The molecule has 9 aromatic carbocycles. The third kappa shape index (κ3) is 5.24. The molecular formula is C50H33NS. The summed E-state index contributed by atoms with van der Waals surface area (Å²) in [6, 6.07) is 72.9. The topological polar surface area (TPSA) is 3.24 Å². The van der Waals surface area contributed by atoms with Gasteiger partial charge in [-0.05, 0) is 85.9 Å². The molecule has 1 heterocycles. The summed E-state index contributed by atoms with van der Waals surface area (Å²) in [5, 5.41) is 7.59. The van der Waals surface area contributed by atoms with Crippen molar-refractivity contribution in [1.29, 1.82) is 0 Å². The summed E-state index contributed by atoms with van der Waals surface area (Å²) in [4.78, 5) is 2.44. The number of hydrogen-bond donors (Lipinski definition) is 0. The molecular weight excluding hydrogens is 647 g/mol. The first-order valence-corrected chi connectivity index (χ1v) is 18.6. The number of fused-ring (bicyclic) bond motifs is 6. The minimum atomic E-state index is 1.11. The minimum Gasteiger partial charge on any atom is -0.310 e. The number of hydrogen-bond acceptors (Lipinski definition) is 2. The summed E-state index contributed by atoms with van der Waals surface area (Å²) < 4.78 is 2.64. The number of benzene rings is 9. The highest BCUT2D eigenvalue weighted by Crippen LogP contribution is 2.45. The number of rotatable bonds is 6. The SMILES string of the molecule is c1ccc(-c2ccc(-c3ccc(N(c4cccc(-c5cccc6c5sc5ccccc56)c4)c4cc5ccccc5c5ccccc45)cc3)cc2)cc1. The average molecular weight is 680 g/mol. The molecule has 10 rings (SSSR count). The van der Waals surface area contributed by atoms with Crippen LogP contribution in [0.1, 0.15) is 0 Å². The van der Waals surface area contributed by atoms with Gasteiger partial charge in [0.15, 0.2) is 0 Å². The van der Waals surface area contributed by atoms with Gasteiger partial charge in [-0.1, -0.05) is 164 Å². The molecule has 0 saturated carbocycles. The quantitative estimate of drug-likeness (QED) is 0.158. The van der Waals surface area contributed by atoms with Gasteiger partial charge < -0.3 is 4.90 Å². The first-order valence-electron chi connectivity index (χ1n) is 17.8. The molecule has 0 bridgehead atoms. The van der Waals surface area contributed by atoms with Gasteiger partial charge in [0.1, 0.15) is 0 Å². The largest absolute Gasteiger partial charge is 0.310 e. The average Bonchev–Trinajstić information content (AvgIpc) is 3.61. The summed E-state index contributed by atoms with van der Waals surface area (Å²) in [7, 11) is 0. The Morgan fingerprint density at radius 2 is 0.885 bits per heavy atom. The predicted molar refractivity (Wildman–Crippen MR) is 225 cm³/mol. The van der Waals surface area contributed by atoms with Gasteiger partial charge in [0.2, 0.25) is 0 Å². The van der Waals surface area contributed by atoms with Gasteiger partial charge >= 0.3 is 0 Å². The third-order valence-corrected chi connectivity index (χ3v) is 11.5. The highest BCUT2D eigenvalue weighted by molar-refractivity contribution is 7.26. The fraction of sp³-hybridized carbons (Fsp3) is 0. The lowest BCUT2D eigenvalue weighted by Crippen LogP contribution is -2.10. The zero-order valence-corrected chi connectivity index (χ0v) is 29.2. The van der Waals surface area contributed by atoms with Gasteiger partial charge in [0, 0.05) is 36.9 Å². The van der Waals surface area contributed by atoms with Crippen LogP contribution >= 0.6 is 11.3 Å². The van der Waals surface area contributed by atoms with Crippen molar-refractivity contribution in [3.05, 3.63) is 200 Å². The Kier molecular flexibility index (Phi) is 7.41. The maximum Gasteiger partial charge on any atom is 0.0546 e. The van der Waals surface area contributed by atoms with Crippen LogP contribution in [0.3, 0.4) is 0 Å². The van der Waals surface area contributed by atoms with E-state index in [9.17, 15) is 0 Å². The molecule has 0 fully saturated rings. The van der Waals surface area contributed by atoms with E-state index in [-0.39, 0.29) is 0 Å². The molecule has 1 nitrogen and oxygen atoms in total. The standard InChI is InChI=1S/C50H33NS/c1-2-12-34(13-3-1)35-24-26-36(27-25-35)37-28-30-40(31-29-37)51(48-33-39-14-4-5-17-42(39)44-18-6-7-19-45(44)48)41-16-10-15-38(32-41)43-21-11-22-47-46-20-8-9-23-49(46)52-50(43)47/h1-33H. The second-order valence-electron chi connectivity index (χ2n) is 13.3. The van der Waals surface area contributed by atoms with Gasteiger partial charge in [0.25, 0.3) is 0 Å². The molecule has 0 saturated heterocycles. The maximum absolute atomic E-state index is 2.44. The zero-order chi connectivity index (χ0) is 34.4. The van der Waals surface area contributed by atoms with Crippen LogP contribution in [0.15, 0.2) is 200 Å². The van der Waals surface area contributed by atoms with E-state index in [1.165, 1.54) is 75.1 Å². The Balaban J connectivity index is 1.13. The van der Waals surface area contributed by atoms with Crippen molar-refractivity contribution in [2.24, 2.45) is 0 Å². The van der Waals surface area contributed by atoms with Crippen LogP contribution in [0.4, 0.5) is 17.1 Å². The van der Waals surface area contributed by atoms with Gasteiger partial charge in [0.05, 0.1) is 5.69 Å². The molecule has 0 amide bonds. The van der Waals surface area contributed by atoms with Crippen LogP contribution in [-0.2, 0) is 0 Å². The maximum atomic E-state index is 2.44. The second kappa shape index (κ2) is 12.7. The molecule has 244 valence electrons. The summed E-state index contributed by atoms with van der Waals surface area (Å²) in [5.41, 5.74) is 10.7. The molecule has 0 aliphatic carbocycles. The smallest absolute Gasteiger partial charge is 0.0546 e. The molecule has 0 aliphatic heterocycles. The lowest BCUT2D eigenvalue weighted by Gasteiger charge is -2.28. The van der Waals surface area contributed by atoms with Crippen LogP contribution < -0.4 is 4.90 Å². The molecule has 0 N–H and O–H groups in total. The number of thiophene rings is 1. The zero-order valence-electron chi connectivity index (χ0n) is 28.4. The fourth-order valence-electron chi connectivity index (χ4n) is 7.72. The molecule has 2 heteroatoms. The van der Waals surface area contributed by atoms with E-state index in [4.69, 9.17) is 0 Å². The van der Waals surface area contributed by atoms with Crippen molar-refractivity contribution in [2.45, 2.75) is 0 Å². The first kappa shape index (κ1) is 30.4. The monoisotopic (exact) mass is 679 g/mol. The fourth-order valence-corrected chi connectivity index (χ4v) is 8.96. The van der Waals surface area contributed by atoms with Crippen molar-refractivity contribution in [3.63, 3.8) is 0 Å². The van der Waals surface area contributed by atoms with Crippen LogP contribution in [0, 0.1) is 0 Å². The van der Waals surface area contributed by atoms with Crippen LogP contribution in [-0.4, -0.2) is 0 Å². The summed E-state index contributed by atoms with van der Waals surface area (Å²) in [6.07, 6.45) is 0. The molecule has 0 spiro atoms. The van der Waals surface area contributed by atoms with Gasteiger partial charge in [-0.15, -0.1) is 11.3 Å².